The van der Waals surface area contributed by atoms with Gasteiger partial charge in [0.05, 0.1) is 15.7 Å². The molecule has 7 nitrogen and oxygen atoms in total. The second-order valence-corrected chi connectivity index (χ2v) is 9.75. The van der Waals surface area contributed by atoms with Gasteiger partial charge < -0.3 is 9.15 Å². The van der Waals surface area contributed by atoms with Crippen LogP contribution in [0.5, 0.6) is 0 Å². The molecule has 0 spiro atoms. The number of rotatable bonds is 6. The van der Waals surface area contributed by atoms with Crippen LogP contribution in [0.3, 0.4) is 0 Å². The van der Waals surface area contributed by atoms with Crippen LogP contribution in [0.4, 0.5) is 4.39 Å². The van der Waals surface area contributed by atoms with E-state index in [0.29, 0.717) is 24.4 Å². The number of esters is 1. The number of hydrogen-bond acceptors (Lipinski definition) is 7. The molecule has 30 heavy (non-hydrogen) atoms. The maximum atomic E-state index is 13.1. The summed E-state index contributed by atoms with van der Waals surface area (Å²) in [7, 11) is -3.71. The van der Waals surface area contributed by atoms with Crippen molar-refractivity contribution < 1.29 is 26.8 Å². The van der Waals surface area contributed by atoms with Crippen LogP contribution >= 0.6 is 11.3 Å². The van der Waals surface area contributed by atoms with Crippen LogP contribution in [0.25, 0.3) is 10.8 Å². The summed E-state index contributed by atoms with van der Waals surface area (Å²) in [6.07, 6.45) is 2.18. The number of benzene rings is 1. The molecule has 1 saturated heterocycles. The zero-order chi connectivity index (χ0) is 21.1. The van der Waals surface area contributed by atoms with Gasteiger partial charge in [-0.05, 0) is 48.6 Å². The molecule has 1 aliphatic rings. The molecule has 0 N–H and O–H groups in total. The fourth-order valence-corrected chi connectivity index (χ4v) is 5.36. The number of thiophene rings is 1. The summed E-state index contributed by atoms with van der Waals surface area (Å²) < 4.78 is 50.4. The normalized spacial score (nSPS) is 15.9. The Morgan fingerprint density at radius 3 is 2.63 bits per heavy atom. The average Bonchev–Trinajstić information content (AvgIpc) is 3.44. The van der Waals surface area contributed by atoms with E-state index >= 15 is 0 Å². The summed E-state index contributed by atoms with van der Waals surface area (Å²) in [5.41, 5.74) is 0.517. The molecule has 2 aromatic heterocycles. The molecule has 1 fully saturated rings. The van der Waals surface area contributed by atoms with Gasteiger partial charge in [0, 0.05) is 13.1 Å². The van der Waals surface area contributed by atoms with Gasteiger partial charge in [0.2, 0.25) is 15.9 Å². The van der Waals surface area contributed by atoms with Crippen LogP contribution in [-0.2, 0) is 26.2 Å². The minimum atomic E-state index is -3.71. The average molecular weight is 451 g/mol. The molecule has 0 saturated carbocycles. The number of carbonyl (C=O) groups excluding carboxylic acids is 1. The highest BCUT2D eigenvalue weighted by Crippen LogP contribution is 2.26. The molecule has 0 amide bonds. The Labute approximate surface area is 177 Å². The number of oxazole rings is 1. The molecule has 158 valence electrons. The van der Waals surface area contributed by atoms with E-state index < -0.39 is 15.8 Å². The van der Waals surface area contributed by atoms with Crippen molar-refractivity contribution in [3.63, 3.8) is 0 Å². The van der Waals surface area contributed by atoms with Crippen molar-refractivity contribution in [3.05, 3.63) is 59.6 Å². The van der Waals surface area contributed by atoms with Crippen LogP contribution in [0.15, 0.2) is 57.4 Å². The monoisotopic (exact) mass is 450 g/mol. The summed E-state index contributed by atoms with van der Waals surface area (Å²) in [5, 5.41) is 1.92. The lowest BCUT2D eigenvalue weighted by atomic mass is 9.98. The van der Waals surface area contributed by atoms with E-state index in [1.807, 2.05) is 17.5 Å². The van der Waals surface area contributed by atoms with Crippen molar-refractivity contribution in [2.75, 3.05) is 13.1 Å². The molecule has 3 heterocycles. The molecular formula is C20H19FN2O5S2. The molecule has 0 unspecified atom stereocenters. The zero-order valence-corrected chi connectivity index (χ0v) is 17.5. The Kier molecular flexibility index (Phi) is 5.98. The maximum absolute atomic E-state index is 13.1. The highest BCUT2D eigenvalue weighted by Gasteiger charge is 2.33. The predicted molar refractivity (Wildman–Crippen MR) is 107 cm³/mol. The molecule has 10 heteroatoms. The Morgan fingerprint density at radius 1 is 1.23 bits per heavy atom. The first-order chi connectivity index (χ1) is 14.4. The second kappa shape index (κ2) is 8.66. The van der Waals surface area contributed by atoms with E-state index in [1.54, 1.807) is 0 Å². The van der Waals surface area contributed by atoms with Gasteiger partial charge in [0.15, 0.2) is 0 Å². The number of hydrogen-bond donors (Lipinski definition) is 0. The Bertz CT molecular complexity index is 1100. The number of carbonyl (C=O) groups is 1. The standard InChI is InChI=1S/C20H19FN2O5S2/c21-15-3-5-17(6-4-15)30(25,26)23-9-7-14(8-10-23)20(24)28-13-16-12-27-19(22-16)18-2-1-11-29-18/h1-6,11-12,14H,7-10,13H2. The largest absolute Gasteiger partial charge is 0.459 e. The number of sulfonamides is 1. The predicted octanol–water partition coefficient (Wildman–Crippen LogP) is 3.69. The van der Waals surface area contributed by atoms with Crippen LogP contribution in [-0.4, -0.2) is 36.8 Å². The summed E-state index contributed by atoms with van der Waals surface area (Å²) in [4.78, 5) is 17.6. The summed E-state index contributed by atoms with van der Waals surface area (Å²) in [6.45, 7) is 0.403. The van der Waals surface area contributed by atoms with Gasteiger partial charge in [0.1, 0.15) is 24.4 Å². The minimum Gasteiger partial charge on any atom is -0.459 e. The SMILES string of the molecule is O=C(OCc1coc(-c2cccs2)n1)C1CCN(S(=O)(=O)c2ccc(F)cc2)CC1. The Hall–Kier alpha value is -2.56. The maximum Gasteiger partial charge on any atom is 0.309 e. The molecule has 4 rings (SSSR count). The Morgan fingerprint density at radius 2 is 1.97 bits per heavy atom. The number of piperidine rings is 1. The molecule has 0 atom stereocenters. The van der Waals surface area contributed by atoms with Gasteiger partial charge in [-0.1, -0.05) is 6.07 Å². The van der Waals surface area contributed by atoms with E-state index in [0.717, 1.165) is 17.0 Å². The van der Waals surface area contributed by atoms with Crippen molar-refractivity contribution in [1.82, 2.24) is 9.29 Å². The lowest BCUT2D eigenvalue weighted by molar-refractivity contribution is -0.151. The van der Waals surface area contributed by atoms with Crippen molar-refractivity contribution >= 4 is 27.3 Å². The smallest absolute Gasteiger partial charge is 0.309 e. The quantitative estimate of drug-likeness (QED) is 0.532. The third-order valence-corrected chi connectivity index (χ3v) is 7.66. The van der Waals surface area contributed by atoms with E-state index in [1.165, 1.54) is 34.0 Å². The van der Waals surface area contributed by atoms with Gasteiger partial charge >= 0.3 is 5.97 Å². The molecule has 1 aromatic carbocycles. The number of ether oxygens (including phenoxy) is 1. The van der Waals surface area contributed by atoms with Gasteiger partial charge in [-0.3, -0.25) is 4.79 Å². The molecule has 0 bridgehead atoms. The molecule has 0 radical (unpaired) electrons. The van der Waals surface area contributed by atoms with Gasteiger partial charge in [-0.15, -0.1) is 11.3 Å². The summed E-state index contributed by atoms with van der Waals surface area (Å²) in [5.74, 6) is -0.775. The zero-order valence-electron chi connectivity index (χ0n) is 15.9. The van der Waals surface area contributed by atoms with Crippen molar-refractivity contribution in [2.24, 2.45) is 5.92 Å². The lowest BCUT2D eigenvalue weighted by Gasteiger charge is -2.30. The topological polar surface area (TPSA) is 89.7 Å². The van der Waals surface area contributed by atoms with Crippen LogP contribution in [0.2, 0.25) is 0 Å². The Balaban J connectivity index is 1.29. The van der Waals surface area contributed by atoms with E-state index in [4.69, 9.17) is 9.15 Å². The van der Waals surface area contributed by atoms with E-state index in [9.17, 15) is 17.6 Å². The fourth-order valence-electron chi connectivity index (χ4n) is 3.24. The lowest BCUT2D eigenvalue weighted by Crippen LogP contribution is -2.40. The summed E-state index contributed by atoms with van der Waals surface area (Å²) in [6, 6.07) is 8.50. The molecule has 0 aliphatic carbocycles. The van der Waals surface area contributed by atoms with Gasteiger partial charge in [0.25, 0.3) is 0 Å². The first-order valence-electron chi connectivity index (χ1n) is 9.34. The number of aromatic nitrogens is 1. The molecule has 3 aromatic rings. The van der Waals surface area contributed by atoms with E-state index in [2.05, 4.69) is 4.98 Å². The third kappa shape index (κ3) is 4.45. The van der Waals surface area contributed by atoms with Crippen molar-refractivity contribution in [2.45, 2.75) is 24.3 Å². The molecular weight excluding hydrogens is 431 g/mol. The van der Waals surface area contributed by atoms with Gasteiger partial charge in [-0.2, -0.15) is 4.31 Å². The number of halogens is 1. The van der Waals surface area contributed by atoms with Crippen LogP contribution in [0.1, 0.15) is 18.5 Å². The van der Waals surface area contributed by atoms with E-state index in [-0.39, 0.29) is 36.5 Å². The first kappa shape index (κ1) is 20.7. The first-order valence-corrected chi connectivity index (χ1v) is 11.7. The third-order valence-electron chi connectivity index (χ3n) is 4.88. The van der Waals surface area contributed by atoms with Gasteiger partial charge in [-0.25, -0.2) is 17.8 Å². The van der Waals surface area contributed by atoms with Crippen LogP contribution < -0.4 is 0 Å². The second-order valence-electron chi connectivity index (χ2n) is 6.86. The highest BCUT2D eigenvalue weighted by atomic mass is 32.2. The summed E-state index contributed by atoms with van der Waals surface area (Å²) >= 11 is 1.50. The fraction of sp³-hybridized carbons (Fsp3) is 0.300. The van der Waals surface area contributed by atoms with Crippen molar-refractivity contribution in [1.29, 1.82) is 0 Å². The number of nitrogens with zero attached hydrogens (tertiary/aromatic N) is 2. The molecule has 1 aliphatic heterocycles. The highest BCUT2D eigenvalue weighted by molar-refractivity contribution is 7.89. The van der Waals surface area contributed by atoms with Crippen molar-refractivity contribution in [3.8, 4) is 10.8 Å². The van der Waals surface area contributed by atoms with Crippen LogP contribution in [0, 0.1) is 11.7 Å². The minimum absolute atomic E-state index is 0.00179.